The molecule has 0 aliphatic heterocycles. The predicted molar refractivity (Wildman–Crippen MR) is 127 cm³/mol. The Labute approximate surface area is 195 Å². The van der Waals surface area contributed by atoms with E-state index in [9.17, 15) is 0 Å². The van der Waals surface area contributed by atoms with Gasteiger partial charge in [0.2, 0.25) is 0 Å². The first-order valence-corrected chi connectivity index (χ1v) is 10.6. The summed E-state index contributed by atoms with van der Waals surface area (Å²) in [6.07, 6.45) is 3.37. The highest BCUT2D eigenvalue weighted by molar-refractivity contribution is 5.98. The molecule has 10 nitrogen and oxygen atoms in total. The molecule has 5 rings (SSSR count). The van der Waals surface area contributed by atoms with Crippen molar-refractivity contribution in [2.24, 2.45) is 5.16 Å². The van der Waals surface area contributed by atoms with Crippen LogP contribution in [-0.2, 0) is 11.4 Å². The van der Waals surface area contributed by atoms with Gasteiger partial charge in [-0.25, -0.2) is 19.2 Å². The molecule has 0 radical (unpaired) electrons. The number of oxime groups is 1. The van der Waals surface area contributed by atoms with Crippen molar-refractivity contribution in [3.63, 3.8) is 0 Å². The normalized spacial score (nSPS) is 11.8. The van der Waals surface area contributed by atoms with Gasteiger partial charge in [0, 0.05) is 5.56 Å². The molecule has 0 N–H and O–H groups in total. The lowest BCUT2D eigenvalue weighted by Crippen LogP contribution is -2.00. The van der Waals surface area contributed by atoms with Crippen LogP contribution in [-0.4, -0.2) is 49.3 Å². The second kappa shape index (κ2) is 8.81. The van der Waals surface area contributed by atoms with Crippen LogP contribution in [0.15, 0.2) is 60.1 Å². The third-order valence-corrected chi connectivity index (χ3v) is 5.42. The molecule has 0 aliphatic carbocycles. The Morgan fingerprint density at radius 1 is 1.00 bits per heavy atom. The van der Waals surface area contributed by atoms with E-state index in [-0.39, 0.29) is 6.61 Å². The van der Waals surface area contributed by atoms with Gasteiger partial charge in [-0.3, -0.25) is 0 Å². The standard InChI is InChI=1S/C24H23N7O3/c1-15-5-8-18(9-6-15)31-23-19(12-26-31)24-27-22(28-30(24)14-25-23)13-34-29-16(2)17-7-10-20(32-3)21(11-17)33-4/h5-12,14H,13H2,1-4H3/b29-16-. The van der Waals surface area contributed by atoms with Crippen LogP contribution in [0.3, 0.4) is 0 Å². The van der Waals surface area contributed by atoms with Gasteiger partial charge < -0.3 is 14.3 Å². The maximum absolute atomic E-state index is 5.53. The minimum atomic E-state index is 0.111. The van der Waals surface area contributed by atoms with E-state index in [1.165, 1.54) is 5.56 Å². The Morgan fingerprint density at radius 2 is 1.79 bits per heavy atom. The van der Waals surface area contributed by atoms with Crippen molar-refractivity contribution in [1.29, 1.82) is 0 Å². The maximum atomic E-state index is 5.53. The zero-order chi connectivity index (χ0) is 23.7. The number of hydrogen-bond donors (Lipinski definition) is 0. The Bertz CT molecular complexity index is 1500. The van der Waals surface area contributed by atoms with Crippen molar-refractivity contribution in [2.75, 3.05) is 14.2 Å². The Balaban J connectivity index is 1.37. The van der Waals surface area contributed by atoms with Crippen LogP contribution in [0.5, 0.6) is 11.5 Å². The molecule has 0 aliphatic rings. The third kappa shape index (κ3) is 3.90. The number of rotatable bonds is 7. The number of aryl methyl sites for hydroxylation is 1. The van der Waals surface area contributed by atoms with Gasteiger partial charge in [-0.2, -0.15) is 5.10 Å². The number of aromatic nitrogens is 6. The highest BCUT2D eigenvalue weighted by Crippen LogP contribution is 2.28. The summed E-state index contributed by atoms with van der Waals surface area (Å²) >= 11 is 0. The van der Waals surface area contributed by atoms with Crippen LogP contribution in [0, 0.1) is 6.92 Å². The van der Waals surface area contributed by atoms with Crippen LogP contribution in [0.1, 0.15) is 23.9 Å². The van der Waals surface area contributed by atoms with E-state index in [0.29, 0.717) is 34.3 Å². The predicted octanol–water partition coefficient (Wildman–Crippen LogP) is 3.73. The fourth-order valence-corrected chi connectivity index (χ4v) is 3.60. The molecule has 0 bridgehead atoms. The maximum Gasteiger partial charge on any atom is 0.192 e. The summed E-state index contributed by atoms with van der Waals surface area (Å²) in [6.45, 7) is 4.01. The lowest BCUT2D eigenvalue weighted by atomic mass is 10.1. The van der Waals surface area contributed by atoms with Gasteiger partial charge in [-0.1, -0.05) is 22.9 Å². The molecule has 0 saturated carbocycles. The first-order chi connectivity index (χ1) is 16.6. The zero-order valence-electron chi connectivity index (χ0n) is 19.3. The largest absolute Gasteiger partial charge is 0.493 e. The topological polar surface area (TPSA) is 101 Å². The summed E-state index contributed by atoms with van der Waals surface area (Å²) in [5, 5.41) is 14.0. The van der Waals surface area contributed by atoms with E-state index in [2.05, 4.69) is 25.3 Å². The van der Waals surface area contributed by atoms with Crippen molar-refractivity contribution >= 4 is 22.4 Å². The highest BCUT2D eigenvalue weighted by atomic mass is 16.6. The van der Waals surface area contributed by atoms with Crippen molar-refractivity contribution in [1.82, 2.24) is 29.4 Å². The minimum absolute atomic E-state index is 0.111. The van der Waals surface area contributed by atoms with Gasteiger partial charge in [-0.15, -0.1) is 5.10 Å². The van der Waals surface area contributed by atoms with E-state index >= 15 is 0 Å². The molecular formula is C24H23N7O3. The summed E-state index contributed by atoms with van der Waals surface area (Å²) in [4.78, 5) is 14.7. The summed E-state index contributed by atoms with van der Waals surface area (Å²) in [5.74, 6) is 1.76. The summed E-state index contributed by atoms with van der Waals surface area (Å²) < 4.78 is 14.0. The average Bonchev–Trinajstić information content (AvgIpc) is 3.48. The fraction of sp³-hybridized carbons (Fsp3) is 0.208. The van der Waals surface area contributed by atoms with E-state index in [0.717, 1.165) is 16.6 Å². The first-order valence-electron chi connectivity index (χ1n) is 10.6. The van der Waals surface area contributed by atoms with Gasteiger partial charge in [0.15, 0.2) is 35.2 Å². The SMILES string of the molecule is COc1ccc(/C(C)=N\OCc2nc3c4cnn(-c5ccc(C)cc5)c4ncn3n2)cc1OC. The lowest BCUT2D eigenvalue weighted by molar-refractivity contribution is 0.125. The highest BCUT2D eigenvalue weighted by Gasteiger charge is 2.14. The van der Waals surface area contributed by atoms with Crippen LogP contribution >= 0.6 is 0 Å². The average molecular weight is 457 g/mol. The summed E-state index contributed by atoms with van der Waals surface area (Å²) in [6, 6.07) is 13.7. The van der Waals surface area contributed by atoms with Gasteiger partial charge in [0.1, 0.15) is 6.33 Å². The molecule has 10 heteroatoms. The van der Waals surface area contributed by atoms with Crippen LogP contribution < -0.4 is 9.47 Å². The Morgan fingerprint density at radius 3 is 2.56 bits per heavy atom. The van der Waals surface area contributed by atoms with Gasteiger partial charge in [0.25, 0.3) is 0 Å². The van der Waals surface area contributed by atoms with Crippen LogP contribution in [0.2, 0.25) is 0 Å². The van der Waals surface area contributed by atoms with Gasteiger partial charge in [0.05, 0.1) is 37.2 Å². The monoisotopic (exact) mass is 457 g/mol. The number of benzene rings is 2. The zero-order valence-corrected chi connectivity index (χ0v) is 19.3. The van der Waals surface area contributed by atoms with E-state index in [4.69, 9.17) is 14.3 Å². The molecule has 0 fully saturated rings. The summed E-state index contributed by atoms with van der Waals surface area (Å²) in [5.41, 5.74) is 5.02. The number of fused-ring (bicyclic) bond motifs is 3. The van der Waals surface area contributed by atoms with Crippen molar-refractivity contribution in [3.8, 4) is 17.2 Å². The smallest absolute Gasteiger partial charge is 0.192 e. The van der Waals surface area contributed by atoms with Crippen molar-refractivity contribution in [2.45, 2.75) is 20.5 Å². The van der Waals surface area contributed by atoms with E-state index < -0.39 is 0 Å². The molecule has 0 unspecified atom stereocenters. The molecule has 2 aromatic carbocycles. The summed E-state index contributed by atoms with van der Waals surface area (Å²) in [7, 11) is 3.19. The number of ether oxygens (including phenoxy) is 2. The molecule has 5 aromatic rings. The van der Waals surface area contributed by atoms with Crippen molar-refractivity contribution < 1.29 is 14.3 Å². The molecule has 172 valence electrons. The second-order valence-corrected chi connectivity index (χ2v) is 7.69. The fourth-order valence-electron chi connectivity index (χ4n) is 3.60. The first kappa shape index (κ1) is 21.4. The van der Waals surface area contributed by atoms with Gasteiger partial charge >= 0.3 is 0 Å². The molecule has 0 spiro atoms. The minimum Gasteiger partial charge on any atom is -0.493 e. The number of methoxy groups -OCH3 is 2. The molecule has 0 saturated heterocycles. The van der Waals surface area contributed by atoms with Crippen LogP contribution in [0.25, 0.3) is 22.4 Å². The van der Waals surface area contributed by atoms with Crippen molar-refractivity contribution in [3.05, 3.63) is 71.9 Å². The van der Waals surface area contributed by atoms with Crippen LogP contribution in [0.4, 0.5) is 0 Å². The quantitative estimate of drug-likeness (QED) is 0.271. The molecule has 34 heavy (non-hydrogen) atoms. The third-order valence-electron chi connectivity index (χ3n) is 5.42. The number of nitrogens with zero attached hydrogens (tertiary/aromatic N) is 7. The molecule has 3 aromatic heterocycles. The number of hydrogen-bond acceptors (Lipinski definition) is 8. The second-order valence-electron chi connectivity index (χ2n) is 7.69. The van der Waals surface area contributed by atoms with Gasteiger partial charge in [-0.05, 0) is 44.2 Å². The van der Waals surface area contributed by atoms with E-state index in [1.807, 2.05) is 56.3 Å². The lowest BCUT2D eigenvalue weighted by Gasteiger charge is -2.09. The Hall–Kier alpha value is -4.47. The Kier molecular flexibility index (Phi) is 5.54. The molecular weight excluding hydrogens is 434 g/mol. The van der Waals surface area contributed by atoms with E-state index in [1.54, 1.807) is 35.9 Å². The molecule has 0 atom stereocenters. The molecule has 0 amide bonds. The molecule has 3 heterocycles.